The number of thioether (sulfide) groups is 1. The lowest BCUT2D eigenvalue weighted by Crippen LogP contribution is -2.30. The van der Waals surface area contributed by atoms with Crippen LogP contribution in [0.25, 0.3) is 6.08 Å². The van der Waals surface area contributed by atoms with E-state index in [2.05, 4.69) is 16.0 Å². The molecular weight excluding hydrogens is 607 g/mol. The summed E-state index contributed by atoms with van der Waals surface area (Å²) in [5.41, 5.74) is -0.202. The van der Waals surface area contributed by atoms with E-state index in [0.29, 0.717) is 33.2 Å². The summed E-state index contributed by atoms with van der Waals surface area (Å²) in [6.45, 7) is 0. The van der Waals surface area contributed by atoms with Crippen LogP contribution in [0.5, 0.6) is 11.5 Å². The van der Waals surface area contributed by atoms with Crippen molar-refractivity contribution in [1.29, 1.82) is 0 Å². The number of alkyl halides is 3. The van der Waals surface area contributed by atoms with Crippen molar-refractivity contribution in [2.24, 2.45) is 0 Å². The average Bonchev–Trinajstić information content (AvgIpc) is 3.03. The number of amides is 3. The molecular formula is C33H28F3N3O5S. The number of ether oxygens (including phenoxy) is 2. The summed E-state index contributed by atoms with van der Waals surface area (Å²) in [5, 5.41) is 7.71. The topological polar surface area (TPSA) is 106 Å². The van der Waals surface area contributed by atoms with E-state index in [4.69, 9.17) is 9.47 Å². The van der Waals surface area contributed by atoms with E-state index in [1.807, 2.05) is 0 Å². The fourth-order valence-corrected chi connectivity index (χ4v) is 4.84. The van der Waals surface area contributed by atoms with Gasteiger partial charge in [-0.3, -0.25) is 14.4 Å². The first-order valence-electron chi connectivity index (χ1n) is 13.4. The Morgan fingerprint density at radius 2 is 1.56 bits per heavy atom. The molecule has 12 heteroatoms. The molecule has 0 atom stereocenters. The lowest BCUT2D eigenvalue weighted by Gasteiger charge is -2.14. The molecule has 232 valence electrons. The van der Waals surface area contributed by atoms with Crippen molar-refractivity contribution in [3.63, 3.8) is 0 Å². The molecule has 0 saturated carbocycles. The van der Waals surface area contributed by atoms with Crippen LogP contribution in [0.2, 0.25) is 0 Å². The van der Waals surface area contributed by atoms with Gasteiger partial charge in [-0.05, 0) is 66.7 Å². The third-order valence-electron chi connectivity index (χ3n) is 6.23. The zero-order valence-electron chi connectivity index (χ0n) is 24.1. The van der Waals surface area contributed by atoms with Crippen molar-refractivity contribution in [3.05, 3.63) is 119 Å². The van der Waals surface area contributed by atoms with Crippen LogP contribution in [0.4, 0.5) is 24.5 Å². The predicted molar refractivity (Wildman–Crippen MR) is 167 cm³/mol. The third-order valence-corrected chi connectivity index (χ3v) is 7.23. The van der Waals surface area contributed by atoms with E-state index < -0.39 is 29.5 Å². The van der Waals surface area contributed by atoms with Crippen LogP contribution >= 0.6 is 11.8 Å². The number of benzene rings is 4. The molecule has 0 radical (unpaired) electrons. The van der Waals surface area contributed by atoms with Gasteiger partial charge in [0.1, 0.15) is 17.2 Å². The Bertz CT molecular complexity index is 1710. The Kier molecular flexibility index (Phi) is 10.9. The van der Waals surface area contributed by atoms with Crippen LogP contribution in [0, 0.1) is 0 Å². The molecule has 0 aliphatic carbocycles. The average molecular weight is 636 g/mol. The van der Waals surface area contributed by atoms with E-state index in [1.165, 1.54) is 38.5 Å². The molecule has 4 aromatic carbocycles. The van der Waals surface area contributed by atoms with Gasteiger partial charge in [-0.1, -0.05) is 36.4 Å². The van der Waals surface area contributed by atoms with Gasteiger partial charge < -0.3 is 25.4 Å². The molecule has 3 N–H and O–H groups in total. The monoisotopic (exact) mass is 635 g/mol. The first-order chi connectivity index (χ1) is 21.6. The number of halogens is 3. The van der Waals surface area contributed by atoms with Crippen molar-refractivity contribution in [2.45, 2.75) is 11.1 Å². The summed E-state index contributed by atoms with van der Waals surface area (Å²) in [4.78, 5) is 39.5. The highest BCUT2D eigenvalue weighted by molar-refractivity contribution is 8.00. The van der Waals surface area contributed by atoms with Crippen molar-refractivity contribution in [2.75, 3.05) is 30.6 Å². The number of anilines is 2. The summed E-state index contributed by atoms with van der Waals surface area (Å²) in [6.07, 6.45) is -3.16. The standard InChI is InChI=1S/C33H28F3N3O5S/c1-43-24-15-16-29(44-2)22(17-24)18-28(39-31(41)21-9-4-3-5-10-21)32(42)37-23-11-8-12-25(19-23)45-20-30(40)38-27-14-7-6-13-26(27)33(34,35)36/h3-19H,20H2,1-2H3,(H,37,42)(H,38,40)(H,39,41)/b28-18+. The summed E-state index contributed by atoms with van der Waals surface area (Å²) in [5.74, 6) is -1.03. The molecule has 3 amide bonds. The Balaban J connectivity index is 1.51. The van der Waals surface area contributed by atoms with Crippen molar-refractivity contribution in [3.8, 4) is 11.5 Å². The fourth-order valence-electron chi connectivity index (χ4n) is 4.09. The Morgan fingerprint density at radius 3 is 2.27 bits per heavy atom. The molecule has 45 heavy (non-hydrogen) atoms. The molecule has 4 rings (SSSR count). The molecule has 0 heterocycles. The quantitative estimate of drug-likeness (QED) is 0.123. The third kappa shape index (κ3) is 9.13. The van der Waals surface area contributed by atoms with Crippen LogP contribution in [0.1, 0.15) is 21.5 Å². The molecule has 0 aliphatic rings. The van der Waals surface area contributed by atoms with Gasteiger partial charge in [0.15, 0.2) is 0 Å². The molecule has 0 unspecified atom stereocenters. The largest absolute Gasteiger partial charge is 0.497 e. The fraction of sp³-hybridized carbons (Fsp3) is 0.121. The number of nitrogens with one attached hydrogen (secondary N) is 3. The second-order valence-electron chi connectivity index (χ2n) is 9.35. The van der Waals surface area contributed by atoms with Gasteiger partial charge in [0, 0.05) is 21.7 Å². The van der Waals surface area contributed by atoms with Crippen molar-refractivity contribution < 1.29 is 37.0 Å². The molecule has 0 aliphatic heterocycles. The first kappa shape index (κ1) is 32.7. The molecule has 0 fully saturated rings. The van der Waals surface area contributed by atoms with E-state index in [0.717, 1.165) is 17.8 Å². The number of hydrogen-bond donors (Lipinski definition) is 3. The molecule has 0 bridgehead atoms. The summed E-state index contributed by atoms with van der Waals surface area (Å²) < 4.78 is 50.5. The maximum atomic E-state index is 13.5. The van der Waals surface area contributed by atoms with Crippen LogP contribution in [0.15, 0.2) is 108 Å². The zero-order chi connectivity index (χ0) is 32.4. The highest BCUT2D eigenvalue weighted by Crippen LogP contribution is 2.35. The maximum absolute atomic E-state index is 13.5. The molecule has 0 saturated heterocycles. The minimum Gasteiger partial charge on any atom is -0.497 e. The summed E-state index contributed by atoms with van der Waals surface area (Å²) in [6, 6.07) is 24.6. The predicted octanol–water partition coefficient (Wildman–Crippen LogP) is 6.86. The van der Waals surface area contributed by atoms with E-state index in [9.17, 15) is 27.6 Å². The zero-order valence-corrected chi connectivity index (χ0v) is 24.9. The van der Waals surface area contributed by atoms with Gasteiger partial charge in [-0.25, -0.2) is 0 Å². The minimum atomic E-state index is -4.62. The van der Waals surface area contributed by atoms with Gasteiger partial charge in [0.05, 0.1) is 31.2 Å². The number of carbonyl (C=O) groups excluding carboxylic acids is 3. The van der Waals surface area contributed by atoms with Gasteiger partial charge in [0.25, 0.3) is 11.8 Å². The Hall–Kier alpha value is -5.23. The lowest BCUT2D eigenvalue weighted by molar-refractivity contribution is -0.137. The summed E-state index contributed by atoms with van der Waals surface area (Å²) >= 11 is 1.07. The van der Waals surface area contributed by atoms with E-state index in [1.54, 1.807) is 72.8 Å². The normalized spacial score (nSPS) is 11.4. The second kappa shape index (κ2) is 15.0. The highest BCUT2D eigenvalue weighted by atomic mass is 32.2. The second-order valence-corrected chi connectivity index (χ2v) is 10.4. The lowest BCUT2D eigenvalue weighted by atomic mass is 10.1. The number of methoxy groups -OCH3 is 2. The minimum absolute atomic E-state index is 0.0869. The van der Waals surface area contributed by atoms with Gasteiger partial charge in [-0.2, -0.15) is 13.2 Å². The SMILES string of the molecule is COc1ccc(OC)c(/C=C(/NC(=O)c2ccccc2)C(=O)Nc2cccc(SCC(=O)Nc3ccccc3C(F)(F)F)c2)c1. The van der Waals surface area contributed by atoms with Gasteiger partial charge in [0.2, 0.25) is 5.91 Å². The van der Waals surface area contributed by atoms with Crippen molar-refractivity contribution >= 4 is 46.9 Å². The van der Waals surface area contributed by atoms with Gasteiger partial charge >= 0.3 is 6.18 Å². The number of para-hydroxylation sites is 1. The first-order valence-corrected chi connectivity index (χ1v) is 14.4. The number of hydrogen-bond acceptors (Lipinski definition) is 6. The van der Waals surface area contributed by atoms with Crippen molar-refractivity contribution in [1.82, 2.24) is 5.32 Å². The Morgan fingerprint density at radius 1 is 0.822 bits per heavy atom. The number of carbonyl (C=O) groups is 3. The smallest absolute Gasteiger partial charge is 0.418 e. The van der Waals surface area contributed by atoms with E-state index in [-0.39, 0.29) is 17.1 Å². The van der Waals surface area contributed by atoms with E-state index >= 15 is 0 Å². The molecule has 0 aromatic heterocycles. The van der Waals surface area contributed by atoms with Crippen LogP contribution in [-0.2, 0) is 15.8 Å². The summed E-state index contributed by atoms with van der Waals surface area (Å²) in [7, 11) is 2.97. The van der Waals surface area contributed by atoms with Crippen LogP contribution in [0.3, 0.4) is 0 Å². The highest BCUT2D eigenvalue weighted by Gasteiger charge is 2.33. The van der Waals surface area contributed by atoms with Gasteiger partial charge in [-0.15, -0.1) is 11.8 Å². The molecule has 0 spiro atoms. The van der Waals surface area contributed by atoms with Crippen LogP contribution < -0.4 is 25.4 Å². The Labute approximate surface area is 261 Å². The maximum Gasteiger partial charge on any atom is 0.418 e. The number of rotatable bonds is 11. The molecule has 4 aromatic rings. The molecule has 8 nitrogen and oxygen atoms in total. The van der Waals surface area contributed by atoms with Crippen LogP contribution in [-0.4, -0.2) is 37.7 Å².